The highest BCUT2D eigenvalue weighted by Crippen LogP contribution is 2.45. The summed E-state index contributed by atoms with van der Waals surface area (Å²) in [6.45, 7) is 19.0. The molecule has 4 atom stereocenters. The van der Waals surface area contributed by atoms with E-state index in [4.69, 9.17) is 11.5 Å². The van der Waals surface area contributed by atoms with Crippen LogP contribution in [0, 0.1) is 59.2 Å². The van der Waals surface area contributed by atoms with Crippen LogP contribution in [-0.2, 0) is 0 Å². The second-order valence-corrected chi connectivity index (χ2v) is 15.0. The van der Waals surface area contributed by atoms with Gasteiger partial charge in [-0.3, -0.25) is 0 Å². The third-order valence-electron chi connectivity index (χ3n) is 9.85. The van der Waals surface area contributed by atoms with Crippen molar-refractivity contribution in [2.75, 3.05) is 0 Å². The molecule has 0 saturated heterocycles. The van der Waals surface area contributed by atoms with Gasteiger partial charge in [0.05, 0.1) is 0 Å². The molecule has 0 aliphatic heterocycles. The second-order valence-electron chi connectivity index (χ2n) is 15.0. The minimum absolute atomic E-state index is 0.432. The molecule has 0 bridgehead atoms. The van der Waals surface area contributed by atoms with Crippen LogP contribution in [0.3, 0.4) is 0 Å². The van der Waals surface area contributed by atoms with Crippen molar-refractivity contribution < 1.29 is 0 Å². The molecule has 2 fully saturated rings. The lowest BCUT2D eigenvalue weighted by molar-refractivity contribution is 0.0827. The molecule has 0 spiro atoms. The second kappa shape index (κ2) is 15.4. The highest BCUT2D eigenvalue weighted by Gasteiger charge is 2.39. The average Bonchev–Trinajstić information content (AvgIpc) is 2.76. The first-order valence-electron chi connectivity index (χ1n) is 16.0. The van der Waals surface area contributed by atoms with Crippen LogP contribution in [0.15, 0.2) is 0 Å². The Labute approximate surface area is 221 Å². The van der Waals surface area contributed by atoms with E-state index in [-0.39, 0.29) is 0 Å². The largest absolute Gasteiger partial charge is 0.327 e. The van der Waals surface area contributed by atoms with Gasteiger partial charge in [-0.2, -0.15) is 0 Å². The maximum atomic E-state index is 6.97. The molecule has 2 saturated carbocycles. The van der Waals surface area contributed by atoms with Crippen molar-refractivity contribution in [2.45, 2.75) is 151 Å². The highest BCUT2D eigenvalue weighted by atomic mass is 14.7. The van der Waals surface area contributed by atoms with E-state index in [2.05, 4.69) is 55.4 Å². The van der Waals surface area contributed by atoms with Gasteiger partial charge in [0.25, 0.3) is 0 Å². The first kappa shape index (κ1) is 31.1. The molecule has 0 amide bonds. The number of hydrogen-bond donors (Lipinski definition) is 2. The Hall–Kier alpha value is -0.0800. The first-order chi connectivity index (χ1) is 16.5. The Balaban J connectivity index is 2.09. The van der Waals surface area contributed by atoms with Crippen LogP contribution in [-0.4, -0.2) is 12.1 Å². The fourth-order valence-electron chi connectivity index (χ4n) is 7.59. The lowest BCUT2D eigenvalue weighted by Crippen LogP contribution is -2.46. The molecule has 0 aromatic rings. The van der Waals surface area contributed by atoms with Gasteiger partial charge in [0.2, 0.25) is 0 Å². The first-order valence-corrected chi connectivity index (χ1v) is 16.0. The molecular formula is C33H66N2. The Morgan fingerprint density at radius 2 is 0.686 bits per heavy atom. The minimum Gasteiger partial charge on any atom is -0.327 e. The molecule has 0 aromatic carbocycles. The molecule has 4 unspecified atom stereocenters. The third-order valence-corrected chi connectivity index (χ3v) is 9.85. The van der Waals surface area contributed by atoms with Crippen LogP contribution in [0.4, 0.5) is 0 Å². The monoisotopic (exact) mass is 491 g/mol. The van der Waals surface area contributed by atoms with Crippen molar-refractivity contribution in [3.8, 4) is 0 Å². The molecule has 2 heteroatoms. The van der Waals surface area contributed by atoms with E-state index < -0.39 is 0 Å². The van der Waals surface area contributed by atoms with Gasteiger partial charge in [0.15, 0.2) is 0 Å². The summed E-state index contributed by atoms with van der Waals surface area (Å²) in [4.78, 5) is 0. The standard InChI is InChI=1S/C33H66N2/c1-22(2)9-13-28-18-26(19-29(32(28)34)14-10-23(3)4)17-27-20-30(15-11-24(5)6)33(35)31(21-27)16-12-25(7)8/h22-33H,9-21,34-35H2,1-8H3. The van der Waals surface area contributed by atoms with Gasteiger partial charge in [-0.15, -0.1) is 0 Å². The van der Waals surface area contributed by atoms with E-state index in [1.165, 1.54) is 83.5 Å². The summed E-state index contributed by atoms with van der Waals surface area (Å²) >= 11 is 0. The Kier molecular flexibility index (Phi) is 13.7. The Bertz CT molecular complexity index is 461. The highest BCUT2D eigenvalue weighted by molar-refractivity contribution is 4.93. The van der Waals surface area contributed by atoms with E-state index in [0.29, 0.717) is 12.1 Å². The van der Waals surface area contributed by atoms with Gasteiger partial charge in [-0.25, -0.2) is 0 Å². The maximum Gasteiger partial charge on any atom is 0.00958 e. The van der Waals surface area contributed by atoms with Crippen LogP contribution in [0.25, 0.3) is 0 Å². The molecule has 2 aliphatic carbocycles. The van der Waals surface area contributed by atoms with Crippen molar-refractivity contribution in [3.05, 3.63) is 0 Å². The normalized spacial score (nSPS) is 34.5. The lowest BCUT2D eigenvalue weighted by Gasteiger charge is -2.45. The summed E-state index contributed by atoms with van der Waals surface area (Å²) in [6, 6.07) is 0.863. The molecule has 4 N–H and O–H groups in total. The summed E-state index contributed by atoms with van der Waals surface area (Å²) in [5, 5.41) is 0. The summed E-state index contributed by atoms with van der Waals surface area (Å²) in [6.07, 6.45) is 17.8. The SMILES string of the molecule is CC(C)CCC1CC(CC2CC(CCC(C)C)C(N)C(CCC(C)C)C2)CC(CCC(C)C)C1N. The molecule has 208 valence electrons. The zero-order valence-corrected chi connectivity index (χ0v) is 25.3. The van der Waals surface area contributed by atoms with E-state index in [1.54, 1.807) is 0 Å². The molecule has 0 radical (unpaired) electrons. The maximum absolute atomic E-state index is 6.97. The quantitative estimate of drug-likeness (QED) is 0.255. The molecule has 2 aliphatic rings. The molecule has 0 heterocycles. The van der Waals surface area contributed by atoms with Gasteiger partial charge in [0.1, 0.15) is 0 Å². The molecule has 2 nitrogen and oxygen atoms in total. The smallest absolute Gasteiger partial charge is 0.00958 e. The fourth-order valence-corrected chi connectivity index (χ4v) is 7.59. The summed E-state index contributed by atoms with van der Waals surface area (Å²) in [5.74, 6) is 7.92. The van der Waals surface area contributed by atoms with Gasteiger partial charge in [-0.05, 0) is 117 Å². The molecular weight excluding hydrogens is 424 g/mol. The number of nitrogens with two attached hydrogens (primary N) is 2. The Morgan fingerprint density at radius 3 is 0.886 bits per heavy atom. The van der Waals surface area contributed by atoms with Crippen molar-refractivity contribution in [2.24, 2.45) is 70.6 Å². The molecule has 0 aromatic heterocycles. The predicted octanol–water partition coefficient (Wildman–Crippen LogP) is 9.06. The summed E-state index contributed by atoms with van der Waals surface area (Å²) in [5.41, 5.74) is 13.9. The van der Waals surface area contributed by atoms with Crippen LogP contribution < -0.4 is 11.5 Å². The van der Waals surface area contributed by atoms with Crippen molar-refractivity contribution in [3.63, 3.8) is 0 Å². The number of hydrogen-bond acceptors (Lipinski definition) is 2. The third kappa shape index (κ3) is 11.1. The molecule has 2 rings (SSSR count). The van der Waals surface area contributed by atoms with E-state index in [9.17, 15) is 0 Å². The van der Waals surface area contributed by atoms with Crippen LogP contribution in [0.1, 0.15) is 139 Å². The zero-order chi connectivity index (χ0) is 26.1. The predicted molar refractivity (Wildman–Crippen MR) is 156 cm³/mol. The minimum atomic E-state index is 0.432. The van der Waals surface area contributed by atoms with Crippen LogP contribution in [0.5, 0.6) is 0 Å². The van der Waals surface area contributed by atoms with Gasteiger partial charge < -0.3 is 11.5 Å². The lowest BCUT2D eigenvalue weighted by atomic mass is 9.62. The van der Waals surface area contributed by atoms with Crippen LogP contribution in [0.2, 0.25) is 0 Å². The number of rotatable bonds is 14. The van der Waals surface area contributed by atoms with Gasteiger partial charge in [0, 0.05) is 12.1 Å². The van der Waals surface area contributed by atoms with Crippen molar-refractivity contribution in [1.29, 1.82) is 0 Å². The summed E-state index contributed by atoms with van der Waals surface area (Å²) < 4.78 is 0. The van der Waals surface area contributed by atoms with E-state index in [0.717, 1.165) is 59.2 Å². The van der Waals surface area contributed by atoms with Crippen LogP contribution >= 0.6 is 0 Å². The van der Waals surface area contributed by atoms with Crippen molar-refractivity contribution in [1.82, 2.24) is 0 Å². The van der Waals surface area contributed by atoms with Crippen molar-refractivity contribution >= 4 is 0 Å². The zero-order valence-electron chi connectivity index (χ0n) is 25.3. The average molecular weight is 491 g/mol. The Morgan fingerprint density at radius 1 is 0.457 bits per heavy atom. The topological polar surface area (TPSA) is 52.0 Å². The van der Waals surface area contributed by atoms with Gasteiger partial charge in [-0.1, -0.05) is 81.1 Å². The van der Waals surface area contributed by atoms with Gasteiger partial charge >= 0.3 is 0 Å². The fraction of sp³-hybridized carbons (Fsp3) is 1.00. The molecule has 35 heavy (non-hydrogen) atoms. The summed E-state index contributed by atoms with van der Waals surface area (Å²) in [7, 11) is 0. The van der Waals surface area contributed by atoms with E-state index in [1.807, 2.05) is 0 Å². The van der Waals surface area contributed by atoms with E-state index >= 15 is 0 Å².